The lowest BCUT2D eigenvalue weighted by atomic mass is 10.1. The van der Waals surface area contributed by atoms with E-state index in [-0.39, 0.29) is 23.6 Å². The number of nitrogens with one attached hydrogen (secondary N) is 1. The fraction of sp³-hybridized carbons (Fsp3) is 0.0625. The zero-order valence-corrected chi connectivity index (χ0v) is 11.1. The molecule has 0 saturated carbocycles. The van der Waals surface area contributed by atoms with Crippen LogP contribution in [0.15, 0.2) is 42.5 Å². The van der Waals surface area contributed by atoms with Gasteiger partial charge in [0.05, 0.1) is 12.1 Å². The van der Waals surface area contributed by atoms with Crippen molar-refractivity contribution < 1.29 is 15.0 Å². The molecule has 0 atom stereocenters. The molecule has 1 amide bonds. The molecule has 0 aromatic heterocycles. The number of hydrogen-bond donors (Lipinski definition) is 4. The van der Waals surface area contributed by atoms with E-state index in [0.717, 1.165) is 5.56 Å². The normalized spacial score (nSPS) is 9.57. The van der Waals surface area contributed by atoms with Crippen molar-refractivity contribution in [3.05, 3.63) is 53.6 Å². The number of rotatable bonds is 2. The van der Waals surface area contributed by atoms with Crippen molar-refractivity contribution in [2.24, 2.45) is 5.73 Å². The van der Waals surface area contributed by atoms with Crippen LogP contribution in [0.3, 0.4) is 0 Å². The summed E-state index contributed by atoms with van der Waals surface area (Å²) in [6, 6.07) is 10.6. The SMILES string of the molecule is NCC#Cc1ccc(NC(=O)c2cc(O)ccc2O)cc1. The lowest BCUT2D eigenvalue weighted by molar-refractivity contribution is 0.102. The van der Waals surface area contributed by atoms with Gasteiger partial charge in [0.1, 0.15) is 11.5 Å². The van der Waals surface area contributed by atoms with E-state index in [1.807, 2.05) is 0 Å². The number of carbonyl (C=O) groups excluding carboxylic acids is 1. The Hall–Kier alpha value is -2.97. The van der Waals surface area contributed by atoms with Crippen LogP contribution < -0.4 is 11.1 Å². The van der Waals surface area contributed by atoms with Crippen LogP contribution in [0.1, 0.15) is 15.9 Å². The van der Waals surface area contributed by atoms with E-state index in [9.17, 15) is 15.0 Å². The molecule has 106 valence electrons. The highest BCUT2D eigenvalue weighted by Gasteiger charge is 2.12. The molecular weight excluding hydrogens is 268 g/mol. The molecule has 5 nitrogen and oxygen atoms in total. The molecule has 0 aliphatic heterocycles. The largest absolute Gasteiger partial charge is 0.508 e. The summed E-state index contributed by atoms with van der Waals surface area (Å²) in [5.74, 6) is 4.81. The lowest BCUT2D eigenvalue weighted by Crippen LogP contribution is -2.11. The van der Waals surface area contributed by atoms with Gasteiger partial charge in [0.2, 0.25) is 0 Å². The van der Waals surface area contributed by atoms with Gasteiger partial charge >= 0.3 is 0 Å². The number of aromatic hydroxyl groups is 2. The van der Waals surface area contributed by atoms with Gasteiger partial charge < -0.3 is 21.3 Å². The summed E-state index contributed by atoms with van der Waals surface area (Å²) in [6.07, 6.45) is 0. The van der Waals surface area contributed by atoms with E-state index in [2.05, 4.69) is 17.2 Å². The number of carbonyl (C=O) groups is 1. The smallest absolute Gasteiger partial charge is 0.259 e. The summed E-state index contributed by atoms with van der Waals surface area (Å²) in [4.78, 5) is 12.0. The highest BCUT2D eigenvalue weighted by atomic mass is 16.3. The number of benzene rings is 2. The molecule has 0 aliphatic rings. The van der Waals surface area contributed by atoms with Gasteiger partial charge in [0, 0.05) is 11.3 Å². The number of phenolic OH excluding ortho intramolecular Hbond substituents is 2. The zero-order chi connectivity index (χ0) is 15.2. The second-order valence-corrected chi connectivity index (χ2v) is 4.24. The second kappa shape index (κ2) is 6.46. The van der Waals surface area contributed by atoms with Crippen LogP contribution in [-0.2, 0) is 0 Å². The predicted octanol–water partition coefficient (Wildman–Crippen LogP) is 1.66. The Kier molecular flexibility index (Phi) is 4.44. The molecule has 5 heteroatoms. The van der Waals surface area contributed by atoms with Gasteiger partial charge in [-0.3, -0.25) is 4.79 Å². The van der Waals surface area contributed by atoms with Gasteiger partial charge in [-0.1, -0.05) is 11.8 Å². The number of phenols is 2. The van der Waals surface area contributed by atoms with Gasteiger partial charge in [0.25, 0.3) is 5.91 Å². The fourth-order valence-electron chi connectivity index (χ4n) is 1.69. The summed E-state index contributed by atoms with van der Waals surface area (Å²) >= 11 is 0. The zero-order valence-electron chi connectivity index (χ0n) is 11.1. The number of hydrogen-bond acceptors (Lipinski definition) is 4. The highest BCUT2D eigenvalue weighted by molar-refractivity contribution is 6.06. The number of nitrogens with two attached hydrogens (primary N) is 1. The van der Waals surface area contributed by atoms with Crippen LogP contribution in [0.25, 0.3) is 0 Å². The summed E-state index contributed by atoms with van der Waals surface area (Å²) in [5, 5.41) is 21.6. The van der Waals surface area contributed by atoms with E-state index in [1.54, 1.807) is 24.3 Å². The monoisotopic (exact) mass is 282 g/mol. The topological polar surface area (TPSA) is 95.6 Å². The Balaban J connectivity index is 2.14. The van der Waals surface area contributed by atoms with Gasteiger partial charge in [0.15, 0.2) is 0 Å². The van der Waals surface area contributed by atoms with Crippen LogP contribution in [0.2, 0.25) is 0 Å². The van der Waals surface area contributed by atoms with E-state index in [4.69, 9.17) is 5.73 Å². The summed E-state index contributed by atoms with van der Waals surface area (Å²) in [6.45, 7) is 0.287. The Bertz CT molecular complexity index is 713. The molecule has 2 aromatic carbocycles. The molecule has 0 unspecified atom stereocenters. The summed E-state index contributed by atoms with van der Waals surface area (Å²) in [5.41, 5.74) is 6.64. The van der Waals surface area contributed by atoms with E-state index in [0.29, 0.717) is 5.69 Å². The average Bonchev–Trinajstić information content (AvgIpc) is 2.49. The maximum Gasteiger partial charge on any atom is 0.259 e. The summed E-state index contributed by atoms with van der Waals surface area (Å²) in [7, 11) is 0. The maximum absolute atomic E-state index is 12.0. The van der Waals surface area contributed by atoms with Crippen molar-refractivity contribution in [3.63, 3.8) is 0 Å². The Morgan fingerprint density at radius 1 is 1.14 bits per heavy atom. The Morgan fingerprint density at radius 3 is 2.52 bits per heavy atom. The summed E-state index contributed by atoms with van der Waals surface area (Å²) < 4.78 is 0. The second-order valence-electron chi connectivity index (χ2n) is 4.24. The minimum absolute atomic E-state index is 0.00185. The van der Waals surface area contributed by atoms with Crippen LogP contribution in [0, 0.1) is 11.8 Å². The Labute approximate surface area is 122 Å². The molecule has 5 N–H and O–H groups in total. The molecule has 0 fully saturated rings. The first kappa shape index (κ1) is 14.4. The van der Waals surface area contributed by atoms with E-state index < -0.39 is 5.91 Å². The molecule has 2 aromatic rings. The molecule has 0 bridgehead atoms. The highest BCUT2D eigenvalue weighted by Crippen LogP contribution is 2.23. The average molecular weight is 282 g/mol. The van der Waals surface area contributed by atoms with E-state index >= 15 is 0 Å². The van der Waals surface area contributed by atoms with Crippen LogP contribution in [-0.4, -0.2) is 22.7 Å². The molecule has 0 saturated heterocycles. The third-order valence-electron chi connectivity index (χ3n) is 2.70. The molecule has 0 radical (unpaired) electrons. The van der Waals surface area contributed by atoms with Crippen molar-refractivity contribution in [2.45, 2.75) is 0 Å². The molecular formula is C16H14N2O3. The van der Waals surface area contributed by atoms with Crippen molar-refractivity contribution in [2.75, 3.05) is 11.9 Å². The van der Waals surface area contributed by atoms with Crippen molar-refractivity contribution >= 4 is 11.6 Å². The van der Waals surface area contributed by atoms with Crippen LogP contribution in [0.5, 0.6) is 11.5 Å². The number of anilines is 1. The fourth-order valence-corrected chi connectivity index (χ4v) is 1.69. The molecule has 2 rings (SSSR count). The van der Waals surface area contributed by atoms with Crippen LogP contribution in [0.4, 0.5) is 5.69 Å². The lowest BCUT2D eigenvalue weighted by Gasteiger charge is -2.07. The standard InChI is InChI=1S/C16H14N2O3/c17-9-1-2-11-3-5-12(6-4-11)18-16(21)14-10-13(19)7-8-15(14)20/h3-8,10,19-20H,9,17H2,(H,18,21). The first-order chi connectivity index (χ1) is 10.1. The van der Waals surface area contributed by atoms with Crippen molar-refractivity contribution in [3.8, 4) is 23.3 Å². The Morgan fingerprint density at radius 2 is 1.86 bits per heavy atom. The van der Waals surface area contributed by atoms with Crippen LogP contribution >= 0.6 is 0 Å². The first-order valence-corrected chi connectivity index (χ1v) is 6.22. The van der Waals surface area contributed by atoms with E-state index in [1.165, 1.54) is 18.2 Å². The minimum atomic E-state index is -0.510. The van der Waals surface area contributed by atoms with Gasteiger partial charge in [-0.2, -0.15) is 0 Å². The van der Waals surface area contributed by atoms with Gasteiger partial charge in [-0.05, 0) is 42.5 Å². The molecule has 0 spiro atoms. The predicted molar refractivity (Wildman–Crippen MR) is 80.1 cm³/mol. The first-order valence-electron chi connectivity index (χ1n) is 6.22. The molecule has 0 aliphatic carbocycles. The molecule has 0 heterocycles. The third-order valence-corrected chi connectivity index (χ3v) is 2.70. The number of amides is 1. The maximum atomic E-state index is 12.0. The van der Waals surface area contributed by atoms with Crippen molar-refractivity contribution in [1.29, 1.82) is 0 Å². The van der Waals surface area contributed by atoms with Gasteiger partial charge in [-0.15, -0.1) is 0 Å². The quantitative estimate of drug-likeness (QED) is 0.497. The van der Waals surface area contributed by atoms with Crippen molar-refractivity contribution in [1.82, 2.24) is 0 Å². The minimum Gasteiger partial charge on any atom is -0.508 e. The third kappa shape index (κ3) is 3.75. The molecule has 21 heavy (non-hydrogen) atoms. The van der Waals surface area contributed by atoms with Gasteiger partial charge in [-0.25, -0.2) is 0 Å².